The predicted octanol–water partition coefficient (Wildman–Crippen LogP) is 3.28. The van der Waals surface area contributed by atoms with Crippen LogP contribution >= 0.6 is 0 Å². The Morgan fingerprint density at radius 2 is 2.06 bits per heavy atom. The normalized spacial score (nSPS) is 10.3. The van der Waals surface area contributed by atoms with Gasteiger partial charge in [0.25, 0.3) is 0 Å². The molecule has 0 heterocycles. The lowest BCUT2D eigenvalue weighted by Gasteiger charge is -2.08. The zero-order valence-electron chi connectivity index (χ0n) is 9.23. The Kier molecular flexibility index (Phi) is 2.82. The molecule has 0 aromatic heterocycles. The van der Waals surface area contributed by atoms with Crippen LogP contribution in [0, 0.1) is 0 Å². The van der Waals surface area contributed by atoms with E-state index >= 15 is 0 Å². The highest BCUT2D eigenvalue weighted by Crippen LogP contribution is 2.30. The van der Waals surface area contributed by atoms with Gasteiger partial charge in [0, 0.05) is 5.56 Å². The molecule has 0 aliphatic heterocycles. The number of hydrogen-bond donors (Lipinski definition) is 1. The van der Waals surface area contributed by atoms with Gasteiger partial charge in [0.2, 0.25) is 0 Å². The highest BCUT2D eigenvalue weighted by Gasteiger charge is 2.06. The molecule has 0 saturated carbocycles. The molecule has 2 nitrogen and oxygen atoms in total. The van der Waals surface area contributed by atoms with E-state index in [4.69, 9.17) is 4.74 Å². The van der Waals surface area contributed by atoms with E-state index in [1.54, 1.807) is 19.3 Å². The molecule has 16 heavy (non-hydrogen) atoms. The standard InChI is InChI=1S/C14H14O2/c1-3-4-12-13-9-11(16-2)7-5-10(13)6-8-14(12)15/h3,5-9,15H,1,4H2,2H3. The van der Waals surface area contributed by atoms with E-state index in [-0.39, 0.29) is 0 Å². The molecule has 0 spiro atoms. The largest absolute Gasteiger partial charge is 0.508 e. The van der Waals surface area contributed by atoms with Crippen molar-refractivity contribution < 1.29 is 9.84 Å². The third kappa shape index (κ3) is 1.74. The first-order valence-corrected chi connectivity index (χ1v) is 5.15. The molecule has 0 aliphatic rings. The summed E-state index contributed by atoms with van der Waals surface area (Å²) in [4.78, 5) is 0. The van der Waals surface area contributed by atoms with Crippen LogP contribution in [0.4, 0.5) is 0 Å². The molecule has 1 N–H and O–H groups in total. The molecule has 2 rings (SSSR count). The molecule has 0 bridgehead atoms. The van der Waals surface area contributed by atoms with Crippen LogP contribution in [-0.4, -0.2) is 12.2 Å². The summed E-state index contributed by atoms with van der Waals surface area (Å²) in [5.74, 6) is 1.10. The second kappa shape index (κ2) is 4.27. The monoisotopic (exact) mass is 214 g/mol. The maximum absolute atomic E-state index is 9.81. The van der Waals surface area contributed by atoms with Crippen molar-refractivity contribution in [3.05, 3.63) is 48.6 Å². The maximum atomic E-state index is 9.81. The average Bonchev–Trinajstić information content (AvgIpc) is 2.32. The fraction of sp³-hybridized carbons (Fsp3) is 0.143. The molecule has 0 atom stereocenters. The van der Waals surface area contributed by atoms with Crippen molar-refractivity contribution in [1.29, 1.82) is 0 Å². The van der Waals surface area contributed by atoms with Crippen LogP contribution in [0.5, 0.6) is 11.5 Å². The second-order valence-corrected chi connectivity index (χ2v) is 3.64. The van der Waals surface area contributed by atoms with Gasteiger partial charge in [-0.2, -0.15) is 0 Å². The van der Waals surface area contributed by atoms with Crippen LogP contribution in [0.25, 0.3) is 10.8 Å². The van der Waals surface area contributed by atoms with Crippen molar-refractivity contribution in [1.82, 2.24) is 0 Å². The zero-order chi connectivity index (χ0) is 11.5. The topological polar surface area (TPSA) is 29.5 Å². The number of benzene rings is 2. The smallest absolute Gasteiger partial charge is 0.119 e. The van der Waals surface area contributed by atoms with E-state index in [1.165, 1.54) is 0 Å². The molecule has 0 saturated heterocycles. The van der Waals surface area contributed by atoms with Gasteiger partial charge in [-0.25, -0.2) is 0 Å². The van der Waals surface area contributed by atoms with Crippen LogP contribution in [0.15, 0.2) is 43.0 Å². The molecule has 82 valence electrons. The van der Waals surface area contributed by atoms with Crippen molar-refractivity contribution in [3.8, 4) is 11.5 Å². The van der Waals surface area contributed by atoms with Gasteiger partial charge in [-0.1, -0.05) is 18.2 Å². The summed E-state index contributed by atoms with van der Waals surface area (Å²) < 4.78 is 5.19. The molecule has 2 aromatic rings. The quantitative estimate of drug-likeness (QED) is 0.794. The SMILES string of the molecule is C=CCc1c(O)ccc2ccc(OC)cc12. The van der Waals surface area contributed by atoms with Gasteiger partial charge in [0.15, 0.2) is 0 Å². The third-order valence-electron chi connectivity index (χ3n) is 2.66. The van der Waals surface area contributed by atoms with Gasteiger partial charge in [-0.05, 0) is 35.4 Å². The Bertz CT molecular complexity index is 529. The minimum atomic E-state index is 0.306. The van der Waals surface area contributed by atoms with Crippen molar-refractivity contribution in [2.45, 2.75) is 6.42 Å². The molecule has 0 aliphatic carbocycles. The summed E-state index contributed by atoms with van der Waals surface area (Å²) >= 11 is 0. The van der Waals surface area contributed by atoms with Gasteiger partial charge < -0.3 is 9.84 Å². The third-order valence-corrected chi connectivity index (χ3v) is 2.66. The molecule has 2 heteroatoms. The number of ether oxygens (including phenoxy) is 1. The van der Waals surface area contributed by atoms with Crippen molar-refractivity contribution in [3.63, 3.8) is 0 Å². The summed E-state index contributed by atoms with van der Waals surface area (Å²) in [6.45, 7) is 3.70. The minimum absolute atomic E-state index is 0.306. The van der Waals surface area contributed by atoms with Crippen LogP contribution < -0.4 is 4.74 Å². The van der Waals surface area contributed by atoms with E-state index in [0.29, 0.717) is 12.2 Å². The molecular formula is C14H14O2. The molecular weight excluding hydrogens is 200 g/mol. The number of hydrogen-bond acceptors (Lipinski definition) is 2. The molecule has 0 unspecified atom stereocenters. The van der Waals surface area contributed by atoms with Gasteiger partial charge in [-0.3, -0.25) is 0 Å². The lowest BCUT2D eigenvalue weighted by molar-refractivity contribution is 0.415. The number of rotatable bonds is 3. The van der Waals surface area contributed by atoms with E-state index in [0.717, 1.165) is 22.1 Å². The van der Waals surface area contributed by atoms with E-state index in [1.807, 2.05) is 24.3 Å². The first kappa shape index (κ1) is 10.6. The molecule has 0 fully saturated rings. The van der Waals surface area contributed by atoms with Gasteiger partial charge in [-0.15, -0.1) is 6.58 Å². The van der Waals surface area contributed by atoms with Crippen molar-refractivity contribution in [2.24, 2.45) is 0 Å². The maximum Gasteiger partial charge on any atom is 0.119 e. The highest BCUT2D eigenvalue weighted by atomic mass is 16.5. The van der Waals surface area contributed by atoms with Crippen LogP contribution in [0.1, 0.15) is 5.56 Å². The summed E-state index contributed by atoms with van der Waals surface area (Å²) in [6, 6.07) is 9.45. The Morgan fingerprint density at radius 3 is 2.75 bits per heavy atom. The minimum Gasteiger partial charge on any atom is -0.508 e. The second-order valence-electron chi connectivity index (χ2n) is 3.64. The summed E-state index contributed by atoms with van der Waals surface area (Å²) in [7, 11) is 1.64. The lowest BCUT2D eigenvalue weighted by Crippen LogP contribution is -1.88. The summed E-state index contributed by atoms with van der Waals surface area (Å²) in [6.07, 6.45) is 2.43. The number of aromatic hydroxyl groups is 1. The summed E-state index contributed by atoms with van der Waals surface area (Å²) in [5.41, 5.74) is 0.895. The fourth-order valence-corrected chi connectivity index (χ4v) is 1.84. The van der Waals surface area contributed by atoms with Crippen LogP contribution in [0.3, 0.4) is 0 Å². The average molecular weight is 214 g/mol. The molecule has 2 aromatic carbocycles. The Labute approximate surface area is 94.8 Å². The van der Waals surface area contributed by atoms with Crippen LogP contribution in [0.2, 0.25) is 0 Å². The van der Waals surface area contributed by atoms with Crippen molar-refractivity contribution >= 4 is 10.8 Å². The van der Waals surface area contributed by atoms with Gasteiger partial charge in [0.05, 0.1) is 7.11 Å². The number of phenolic OH excluding ortho intramolecular Hbond substituents is 1. The van der Waals surface area contributed by atoms with Gasteiger partial charge in [0.1, 0.15) is 11.5 Å². The zero-order valence-corrected chi connectivity index (χ0v) is 9.23. The molecule has 0 radical (unpaired) electrons. The van der Waals surface area contributed by atoms with E-state index in [2.05, 4.69) is 6.58 Å². The lowest BCUT2D eigenvalue weighted by atomic mass is 10.0. The Balaban J connectivity index is 2.72. The predicted molar refractivity (Wildman–Crippen MR) is 66.1 cm³/mol. The van der Waals surface area contributed by atoms with Crippen LogP contribution in [-0.2, 0) is 6.42 Å². The first-order valence-electron chi connectivity index (χ1n) is 5.15. The Morgan fingerprint density at radius 1 is 1.31 bits per heavy atom. The molecule has 0 amide bonds. The number of phenols is 1. The highest BCUT2D eigenvalue weighted by molar-refractivity contribution is 5.89. The number of fused-ring (bicyclic) bond motifs is 1. The fourth-order valence-electron chi connectivity index (χ4n) is 1.84. The van der Waals surface area contributed by atoms with Gasteiger partial charge >= 0.3 is 0 Å². The van der Waals surface area contributed by atoms with E-state index < -0.39 is 0 Å². The van der Waals surface area contributed by atoms with Crippen molar-refractivity contribution in [2.75, 3.05) is 7.11 Å². The Hall–Kier alpha value is -1.96. The number of allylic oxidation sites excluding steroid dienone is 1. The summed E-state index contributed by atoms with van der Waals surface area (Å²) in [5, 5.41) is 11.9. The first-order chi connectivity index (χ1) is 7.76. The number of methoxy groups -OCH3 is 1. The van der Waals surface area contributed by atoms with E-state index in [9.17, 15) is 5.11 Å².